The summed E-state index contributed by atoms with van der Waals surface area (Å²) in [5.74, 6) is -0.791. The minimum absolute atomic E-state index is 0.00465. The van der Waals surface area contributed by atoms with Gasteiger partial charge in [-0.25, -0.2) is 9.37 Å². The molecule has 198 valence electrons. The van der Waals surface area contributed by atoms with Gasteiger partial charge in [-0.3, -0.25) is 14.3 Å². The summed E-state index contributed by atoms with van der Waals surface area (Å²) >= 11 is 6.85. The fraction of sp³-hybridized carbons (Fsp3) is 0.333. The Labute approximate surface area is 224 Å². The zero-order valence-corrected chi connectivity index (χ0v) is 22.0. The number of ether oxygens (including phenoxy) is 2. The molecule has 2 aliphatic heterocycles. The van der Waals surface area contributed by atoms with Gasteiger partial charge in [0, 0.05) is 31.9 Å². The highest BCUT2D eigenvalue weighted by Crippen LogP contribution is 2.46. The van der Waals surface area contributed by atoms with Crippen molar-refractivity contribution < 1.29 is 23.5 Å². The summed E-state index contributed by atoms with van der Waals surface area (Å²) in [6.45, 7) is 8.49. The second-order valence-electron chi connectivity index (χ2n) is 9.35. The smallest absolute Gasteiger partial charge is 0.260 e. The summed E-state index contributed by atoms with van der Waals surface area (Å²) < 4.78 is 28.6. The van der Waals surface area contributed by atoms with Gasteiger partial charge in [-0.2, -0.15) is 5.10 Å². The molecule has 0 aliphatic carbocycles. The Hall–Kier alpha value is -3.92. The third-order valence-corrected chi connectivity index (χ3v) is 7.14. The molecule has 4 heterocycles. The molecule has 0 N–H and O–H groups in total. The van der Waals surface area contributed by atoms with E-state index in [0.29, 0.717) is 18.8 Å². The minimum atomic E-state index is -0.585. The first-order chi connectivity index (χ1) is 18.3. The van der Waals surface area contributed by atoms with Crippen molar-refractivity contribution >= 4 is 23.4 Å². The lowest BCUT2D eigenvalue weighted by atomic mass is 10.0. The maximum absolute atomic E-state index is 15.2. The molecule has 11 heteroatoms. The number of amides is 2. The third-order valence-electron chi connectivity index (χ3n) is 6.79. The van der Waals surface area contributed by atoms with E-state index in [1.54, 1.807) is 32.8 Å². The Morgan fingerprint density at radius 3 is 2.76 bits per heavy atom. The van der Waals surface area contributed by atoms with Gasteiger partial charge in [-0.1, -0.05) is 24.2 Å². The molecule has 9 nitrogen and oxygen atoms in total. The molecule has 1 atom stereocenters. The van der Waals surface area contributed by atoms with E-state index >= 15 is 4.39 Å². The van der Waals surface area contributed by atoms with Crippen molar-refractivity contribution in [3.63, 3.8) is 0 Å². The first-order valence-electron chi connectivity index (χ1n) is 12.2. The first-order valence-corrected chi connectivity index (χ1v) is 12.6. The molecule has 1 aromatic carbocycles. The molecule has 1 saturated heterocycles. The summed E-state index contributed by atoms with van der Waals surface area (Å²) in [4.78, 5) is 34.4. The van der Waals surface area contributed by atoms with Gasteiger partial charge in [0.2, 0.25) is 5.91 Å². The number of fused-ring (bicyclic) bond motifs is 2. The number of piperazine rings is 1. The van der Waals surface area contributed by atoms with Gasteiger partial charge >= 0.3 is 0 Å². The van der Waals surface area contributed by atoms with Crippen LogP contribution in [0.25, 0.3) is 22.6 Å². The van der Waals surface area contributed by atoms with Crippen LogP contribution in [0.3, 0.4) is 0 Å². The zero-order valence-electron chi connectivity index (χ0n) is 21.3. The number of benzene rings is 1. The number of carbonyl (C=O) groups is 2. The van der Waals surface area contributed by atoms with Gasteiger partial charge in [0.1, 0.15) is 40.1 Å². The topological polar surface area (TPSA) is 89.8 Å². The van der Waals surface area contributed by atoms with Gasteiger partial charge in [-0.05, 0) is 38.1 Å². The molecule has 0 unspecified atom stereocenters. The van der Waals surface area contributed by atoms with Crippen LogP contribution in [-0.2, 0) is 4.79 Å². The summed E-state index contributed by atoms with van der Waals surface area (Å²) in [6.07, 6.45) is 2.87. The van der Waals surface area contributed by atoms with Gasteiger partial charge in [-0.15, -0.1) is 0 Å². The van der Waals surface area contributed by atoms with Crippen LogP contribution in [0.2, 0.25) is 5.02 Å². The van der Waals surface area contributed by atoms with Crippen LogP contribution in [0, 0.1) is 5.82 Å². The van der Waals surface area contributed by atoms with Crippen molar-refractivity contribution in [3.05, 3.63) is 59.5 Å². The van der Waals surface area contributed by atoms with Crippen LogP contribution in [0.5, 0.6) is 11.5 Å². The maximum atomic E-state index is 15.2. The Morgan fingerprint density at radius 1 is 1.26 bits per heavy atom. The number of nitrogens with zero attached hydrogens (tertiary/aromatic N) is 5. The molecule has 0 spiro atoms. The average Bonchev–Trinajstić information content (AvgIpc) is 3.36. The fourth-order valence-electron chi connectivity index (χ4n) is 4.96. The predicted octanol–water partition coefficient (Wildman–Crippen LogP) is 4.23. The Kier molecular flexibility index (Phi) is 6.83. The van der Waals surface area contributed by atoms with Gasteiger partial charge < -0.3 is 19.3 Å². The fourth-order valence-corrected chi connectivity index (χ4v) is 5.25. The molecule has 2 amide bonds. The Balaban J connectivity index is 1.74. The standard InChI is InChI=1S/C27H27ClFN5O4/c1-5-20(35)32-11-12-33-16(13-32)14-38-26-22(27(33)36)24(18-9-10-30-34(18)15(2)3)31-25(23(26)28)21-17(29)7-6-8-19(21)37-4/h5-10,15-16H,1,11-14H2,2-4H3/t16-/m1/s1. The summed E-state index contributed by atoms with van der Waals surface area (Å²) in [7, 11) is 1.43. The summed E-state index contributed by atoms with van der Waals surface area (Å²) in [5.41, 5.74) is 1.14. The van der Waals surface area contributed by atoms with Crippen LogP contribution in [0.4, 0.5) is 4.39 Å². The second kappa shape index (κ2) is 10.1. The normalized spacial score (nSPS) is 17.0. The maximum Gasteiger partial charge on any atom is 0.260 e. The van der Waals surface area contributed by atoms with Crippen LogP contribution in [-0.4, -0.2) is 75.8 Å². The molecule has 1 fully saturated rings. The number of carbonyl (C=O) groups excluding carboxylic acids is 2. The highest BCUT2D eigenvalue weighted by molar-refractivity contribution is 6.35. The molecular weight excluding hydrogens is 513 g/mol. The van der Waals surface area contributed by atoms with Gasteiger partial charge in [0.15, 0.2) is 5.75 Å². The van der Waals surface area contributed by atoms with E-state index in [2.05, 4.69) is 11.7 Å². The number of halogens is 2. The lowest BCUT2D eigenvalue weighted by Gasteiger charge is -2.39. The molecule has 0 bridgehead atoms. The molecule has 5 rings (SSSR count). The molecule has 2 aliphatic rings. The predicted molar refractivity (Wildman–Crippen MR) is 140 cm³/mol. The number of methoxy groups -OCH3 is 1. The SMILES string of the molecule is C=CC(=O)N1CCN2C(=O)c3c(-c4ccnn4C(C)C)nc(-c4c(F)cccc4OC)c(Cl)c3OC[C@H]2C1. The number of hydrogen-bond donors (Lipinski definition) is 0. The van der Waals surface area contributed by atoms with Crippen molar-refractivity contribution in [3.8, 4) is 34.1 Å². The highest BCUT2D eigenvalue weighted by atomic mass is 35.5. The molecular formula is C27H27ClFN5O4. The van der Waals surface area contributed by atoms with Crippen LogP contribution >= 0.6 is 11.6 Å². The van der Waals surface area contributed by atoms with Crippen molar-refractivity contribution in [2.24, 2.45) is 0 Å². The van der Waals surface area contributed by atoms with E-state index in [0.717, 1.165) is 0 Å². The van der Waals surface area contributed by atoms with Crippen molar-refractivity contribution in [1.29, 1.82) is 0 Å². The molecule has 3 aromatic rings. The van der Waals surface area contributed by atoms with Crippen LogP contribution < -0.4 is 9.47 Å². The second-order valence-corrected chi connectivity index (χ2v) is 9.73. The number of pyridine rings is 1. The van der Waals surface area contributed by atoms with E-state index in [4.69, 9.17) is 26.1 Å². The van der Waals surface area contributed by atoms with Gasteiger partial charge in [0.05, 0.1) is 24.4 Å². The van der Waals surface area contributed by atoms with Gasteiger partial charge in [0.25, 0.3) is 5.91 Å². The van der Waals surface area contributed by atoms with Crippen LogP contribution in [0.1, 0.15) is 30.2 Å². The lowest BCUT2D eigenvalue weighted by Crippen LogP contribution is -2.57. The molecule has 2 aromatic heterocycles. The number of aromatic nitrogens is 3. The number of rotatable bonds is 5. The lowest BCUT2D eigenvalue weighted by molar-refractivity contribution is -0.128. The van der Waals surface area contributed by atoms with E-state index in [1.165, 1.54) is 25.3 Å². The Bertz CT molecular complexity index is 1440. The Morgan fingerprint density at radius 2 is 2.05 bits per heavy atom. The molecule has 0 radical (unpaired) electrons. The molecule has 38 heavy (non-hydrogen) atoms. The van der Waals surface area contributed by atoms with Crippen molar-refractivity contribution in [2.45, 2.75) is 25.9 Å². The van der Waals surface area contributed by atoms with Crippen molar-refractivity contribution in [1.82, 2.24) is 24.6 Å². The minimum Gasteiger partial charge on any atom is -0.496 e. The number of hydrogen-bond acceptors (Lipinski definition) is 6. The monoisotopic (exact) mass is 539 g/mol. The average molecular weight is 540 g/mol. The third kappa shape index (κ3) is 4.18. The van der Waals surface area contributed by atoms with E-state index in [9.17, 15) is 9.59 Å². The van der Waals surface area contributed by atoms with E-state index < -0.39 is 11.9 Å². The van der Waals surface area contributed by atoms with E-state index in [1.807, 2.05) is 13.8 Å². The summed E-state index contributed by atoms with van der Waals surface area (Å²) in [6, 6.07) is 5.70. The summed E-state index contributed by atoms with van der Waals surface area (Å²) in [5, 5.41) is 4.41. The van der Waals surface area contributed by atoms with E-state index in [-0.39, 0.29) is 70.0 Å². The quantitative estimate of drug-likeness (QED) is 0.451. The highest BCUT2D eigenvalue weighted by Gasteiger charge is 2.40. The zero-order chi connectivity index (χ0) is 27.1. The largest absolute Gasteiger partial charge is 0.496 e. The molecule has 0 saturated carbocycles. The first kappa shape index (κ1) is 25.7. The van der Waals surface area contributed by atoms with Crippen LogP contribution in [0.15, 0.2) is 43.1 Å². The van der Waals surface area contributed by atoms with Crippen molar-refractivity contribution in [2.75, 3.05) is 33.4 Å².